The maximum Gasteiger partial charge on any atom is 0.307 e. The lowest BCUT2D eigenvalue weighted by Crippen LogP contribution is -2.01. The number of nitrogens with zero attached hydrogens (tertiary/aromatic N) is 1. The molecule has 0 saturated heterocycles. The average molecular weight is 217 g/mol. The summed E-state index contributed by atoms with van der Waals surface area (Å²) in [5.74, 6) is -0.542. The first kappa shape index (κ1) is 10.2. The molecule has 1 heterocycles. The van der Waals surface area contributed by atoms with Gasteiger partial charge in [-0.25, -0.2) is 4.98 Å². The summed E-state index contributed by atoms with van der Waals surface area (Å²) >= 11 is 0. The molecule has 0 aliphatic carbocycles. The van der Waals surface area contributed by atoms with Crippen LogP contribution in [-0.4, -0.2) is 21.0 Å². The molecule has 5 heteroatoms. The number of carboxylic acid groups (broad SMARTS) is 1. The van der Waals surface area contributed by atoms with Crippen LogP contribution in [0.2, 0.25) is 0 Å². The first-order valence-electron chi connectivity index (χ1n) is 4.77. The quantitative estimate of drug-likeness (QED) is 0.722. The molecule has 1 aromatic heterocycles. The highest BCUT2D eigenvalue weighted by atomic mass is 16.4. The Kier molecular flexibility index (Phi) is 2.59. The van der Waals surface area contributed by atoms with Crippen molar-refractivity contribution in [1.29, 1.82) is 0 Å². The van der Waals surface area contributed by atoms with Gasteiger partial charge in [0.2, 0.25) is 0 Å². The van der Waals surface area contributed by atoms with Crippen molar-refractivity contribution in [2.24, 2.45) is 0 Å². The van der Waals surface area contributed by atoms with Crippen LogP contribution in [-0.2, 0) is 11.2 Å². The molecule has 1 aromatic carbocycles. The van der Waals surface area contributed by atoms with E-state index < -0.39 is 5.97 Å². The summed E-state index contributed by atoms with van der Waals surface area (Å²) in [5, 5.41) is 8.79. The zero-order valence-electron chi connectivity index (χ0n) is 8.47. The average Bonchev–Trinajstić information content (AvgIpc) is 2.65. The van der Waals surface area contributed by atoms with Crippen molar-refractivity contribution in [3.63, 3.8) is 0 Å². The molecule has 0 atom stereocenters. The SMILES string of the molecule is Nc1ncc(-c2ccccc2CC(=O)O)[nH]1. The molecule has 0 radical (unpaired) electrons. The number of carboxylic acids is 1. The number of nitrogen functional groups attached to an aromatic ring is 1. The summed E-state index contributed by atoms with van der Waals surface area (Å²) in [6.45, 7) is 0. The molecule has 4 N–H and O–H groups in total. The second-order valence-corrected chi connectivity index (χ2v) is 3.41. The predicted octanol–water partition coefficient (Wildman–Crippen LogP) is 1.29. The fourth-order valence-corrected chi connectivity index (χ4v) is 1.57. The van der Waals surface area contributed by atoms with Crippen LogP contribution in [0.3, 0.4) is 0 Å². The van der Waals surface area contributed by atoms with Gasteiger partial charge in [0.1, 0.15) is 0 Å². The van der Waals surface area contributed by atoms with Gasteiger partial charge in [0.05, 0.1) is 18.3 Å². The second-order valence-electron chi connectivity index (χ2n) is 3.41. The largest absolute Gasteiger partial charge is 0.481 e. The van der Waals surface area contributed by atoms with Crippen LogP contribution in [0.15, 0.2) is 30.5 Å². The minimum absolute atomic E-state index is 0.0188. The lowest BCUT2D eigenvalue weighted by atomic mass is 10.0. The van der Waals surface area contributed by atoms with Crippen molar-refractivity contribution < 1.29 is 9.90 Å². The lowest BCUT2D eigenvalue weighted by molar-refractivity contribution is -0.136. The summed E-state index contributed by atoms with van der Waals surface area (Å²) in [7, 11) is 0. The number of aromatic nitrogens is 2. The molecule has 0 saturated carbocycles. The smallest absolute Gasteiger partial charge is 0.307 e. The van der Waals surface area contributed by atoms with E-state index in [2.05, 4.69) is 9.97 Å². The van der Waals surface area contributed by atoms with E-state index in [0.29, 0.717) is 5.95 Å². The maximum absolute atomic E-state index is 10.7. The molecule has 16 heavy (non-hydrogen) atoms. The number of aromatic amines is 1. The minimum atomic E-state index is -0.861. The maximum atomic E-state index is 10.7. The van der Waals surface area contributed by atoms with E-state index in [1.165, 1.54) is 0 Å². The van der Waals surface area contributed by atoms with Gasteiger partial charge >= 0.3 is 5.97 Å². The Balaban J connectivity index is 2.43. The molecule has 0 aliphatic heterocycles. The van der Waals surface area contributed by atoms with Crippen molar-refractivity contribution in [2.45, 2.75) is 6.42 Å². The van der Waals surface area contributed by atoms with Gasteiger partial charge in [0, 0.05) is 5.56 Å². The highest BCUT2D eigenvalue weighted by molar-refractivity contribution is 5.75. The molecule has 0 aliphatic rings. The molecule has 0 spiro atoms. The van der Waals surface area contributed by atoms with Crippen LogP contribution < -0.4 is 5.73 Å². The standard InChI is InChI=1S/C11H11N3O2/c12-11-13-6-9(14-11)8-4-2-1-3-7(8)5-10(15)16/h1-4,6H,5H2,(H,15,16)(H3,12,13,14). The molecule has 2 rings (SSSR count). The van der Waals surface area contributed by atoms with Crippen molar-refractivity contribution in [1.82, 2.24) is 9.97 Å². The molecular weight excluding hydrogens is 206 g/mol. The third kappa shape index (κ3) is 2.03. The normalized spacial score (nSPS) is 10.2. The number of nitrogens with two attached hydrogens (primary N) is 1. The van der Waals surface area contributed by atoms with Crippen LogP contribution in [0.4, 0.5) is 5.95 Å². The van der Waals surface area contributed by atoms with E-state index in [4.69, 9.17) is 10.8 Å². The second kappa shape index (κ2) is 4.06. The highest BCUT2D eigenvalue weighted by Crippen LogP contribution is 2.22. The summed E-state index contributed by atoms with van der Waals surface area (Å²) in [4.78, 5) is 17.5. The van der Waals surface area contributed by atoms with Crippen LogP contribution in [0.1, 0.15) is 5.56 Å². The number of benzene rings is 1. The summed E-state index contributed by atoms with van der Waals surface area (Å²) in [6.07, 6.45) is 1.57. The molecule has 2 aromatic rings. The first-order valence-corrected chi connectivity index (χ1v) is 4.77. The molecule has 0 fully saturated rings. The number of hydrogen-bond donors (Lipinski definition) is 3. The third-order valence-electron chi connectivity index (χ3n) is 2.24. The Morgan fingerprint density at radius 2 is 2.19 bits per heavy atom. The topological polar surface area (TPSA) is 92.0 Å². The lowest BCUT2D eigenvalue weighted by Gasteiger charge is -2.04. The molecule has 0 amide bonds. The number of carbonyl (C=O) groups is 1. The van der Waals surface area contributed by atoms with Gasteiger partial charge in [-0.15, -0.1) is 0 Å². The predicted molar refractivity (Wildman–Crippen MR) is 59.8 cm³/mol. The zero-order valence-corrected chi connectivity index (χ0v) is 8.47. The zero-order chi connectivity index (χ0) is 11.5. The molecular formula is C11H11N3O2. The van der Waals surface area contributed by atoms with Crippen LogP contribution in [0, 0.1) is 0 Å². The Morgan fingerprint density at radius 1 is 1.44 bits per heavy atom. The van der Waals surface area contributed by atoms with Crippen molar-refractivity contribution >= 4 is 11.9 Å². The monoisotopic (exact) mass is 217 g/mol. The summed E-state index contributed by atoms with van der Waals surface area (Å²) in [5.41, 5.74) is 7.76. The van der Waals surface area contributed by atoms with Gasteiger partial charge in [-0.3, -0.25) is 4.79 Å². The Hall–Kier alpha value is -2.30. The van der Waals surface area contributed by atoms with Gasteiger partial charge in [-0.1, -0.05) is 24.3 Å². The number of imidazole rings is 1. The van der Waals surface area contributed by atoms with Gasteiger partial charge in [0.15, 0.2) is 5.95 Å². The van der Waals surface area contributed by atoms with Crippen molar-refractivity contribution in [3.05, 3.63) is 36.0 Å². The van der Waals surface area contributed by atoms with E-state index >= 15 is 0 Å². The fraction of sp³-hybridized carbons (Fsp3) is 0.0909. The van der Waals surface area contributed by atoms with Crippen LogP contribution >= 0.6 is 0 Å². The van der Waals surface area contributed by atoms with Gasteiger partial charge in [-0.2, -0.15) is 0 Å². The summed E-state index contributed by atoms with van der Waals surface area (Å²) in [6, 6.07) is 7.27. The van der Waals surface area contributed by atoms with E-state index in [1.54, 1.807) is 12.3 Å². The van der Waals surface area contributed by atoms with E-state index in [1.807, 2.05) is 18.2 Å². The third-order valence-corrected chi connectivity index (χ3v) is 2.24. The fourth-order valence-electron chi connectivity index (χ4n) is 1.57. The van der Waals surface area contributed by atoms with E-state index in [-0.39, 0.29) is 6.42 Å². The Morgan fingerprint density at radius 3 is 2.81 bits per heavy atom. The van der Waals surface area contributed by atoms with Gasteiger partial charge in [0.25, 0.3) is 0 Å². The van der Waals surface area contributed by atoms with Crippen molar-refractivity contribution in [3.8, 4) is 11.3 Å². The van der Waals surface area contributed by atoms with Crippen LogP contribution in [0.5, 0.6) is 0 Å². The number of anilines is 1. The molecule has 0 unspecified atom stereocenters. The van der Waals surface area contributed by atoms with Crippen molar-refractivity contribution in [2.75, 3.05) is 5.73 Å². The van der Waals surface area contributed by atoms with Gasteiger partial charge < -0.3 is 15.8 Å². The van der Waals surface area contributed by atoms with Crippen LogP contribution in [0.25, 0.3) is 11.3 Å². The number of hydrogen-bond acceptors (Lipinski definition) is 3. The highest BCUT2D eigenvalue weighted by Gasteiger charge is 2.09. The number of aliphatic carboxylic acids is 1. The molecule has 0 bridgehead atoms. The summed E-state index contributed by atoms with van der Waals surface area (Å²) < 4.78 is 0. The number of H-pyrrole nitrogens is 1. The molecule has 82 valence electrons. The number of rotatable bonds is 3. The molecule has 5 nitrogen and oxygen atoms in total. The van der Waals surface area contributed by atoms with Gasteiger partial charge in [-0.05, 0) is 5.56 Å². The van der Waals surface area contributed by atoms with E-state index in [9.17, 15) is 4.79 Å². The Labute approximate surface area is 91.9 Å². The van der Waals surface area contributed by atoms with E-state index in [0.717, 1.165) is 16.8 Å². The minimum Gasteiger partial charge on any atom is -0.481 e. The Bertz CT molecular complexity index is 519. The first-order chi connectivity index (χ1) is 7.66. The number of nitrogens with one attached hydrogen (secondary N) is 1.